The van der Waals surface area contributed by atoms with Crippen molar-refractivity contribution in [1.29, 1.82) is 0 Å². The van der Waals surface area contributed by atoms with Crippen LogP contribution >= 0.6 is 0 Å². The second-order valence-electron chi connectivity index (χ2n) is 2.96. The third-order valence-corrected chi connectivity index (χ3v) is 1.98. The van der Waals surface area contributed by atoms with Crippen LogP contribution < -0.4 is 5.32 Å². The Morgan fingerprint density at radius 1 is 1.86 bits per heavy atom. The van der Waals surface area contributed by atoms with Crippen molar-refractivity contribution in [3.05, 3.63) is 24.4 Å². The highest BCUT2D eigenvalue weighted by atomic mass is 16.5. The summed E-state index contributed by atoms with van der Waals surface area (Å²) in [7, 11) is 1.21. The molecule has 0 saturated heterocycles. The van der Waals surface area contributed by atoms with Crippen LogP contribution in [0.1, 0.15) is 6.42 Å². The van der Waals surface area contributed by atoms with Crippen molar-refractivity contribution in [3.63, 3.8) is 0 Å². The van der Waals surface area contributed by atoms with Gasteiger partial charge in [-0.1, -0.05) is 12.7 Å². The highest BCUT2D eigenvalue weighted by molar-refractivity contribution is 6.02. The maximum atomic E-state index is 11.2. The van der Waals surface area contributed by atoms with Crippen LogP contribution in [0.25, 0.3) is 0 Å². The summed E-state index contributed by atoms with van der Waals surface area (Å²) >= 11 is 0. The van der Waals surface area contributed by atoms with Crippen molar-refractivity contribution in [1.82, 2.24) is 5.32 Å². The summed E-state index contributed by atoms with van der Waals surface area (Å²) in [6.07, 6.45) is 1.67. The van der Waals surface area contributed by atoms with E-state index in [1.54, 1.807) is 0 Å². The number of rotatable bonds is 2. The number of carbonyl (C=O) groups is 2. The largest absolute Gasteiger partial charge is 0.453 e. The minimum atomic E-state index is -1.59. The van der Waals surface area contributed by atoms with E-state index in [4.69, 9.17) is 0 Å². The van der Waals surface area contributed by atoms with Gasteiger partial charge in [0.25, 0.3) is 0 Å². The fourth-order valence-corrected chi connectivity index (χ4v) is 1.15. The van der Waals surface area contributed by atoms with Crippen molar-refractivity contribution in [2.45, 2.75) is 12.0 Å². The van der Waals surface area contributed by atoms with Gasteiger partial charge in [-0.05, 0) is 0 Å². The Labute approximate surface area is 81.1 Å². The molecular formula is C9H11NO4. The second-order valence-corrected chi connectivity index (χ2v) is 2.96. The number of ketones is 1. The number of hydrogen-bond donors (Lipinski definition) is 2. The van der Waals surface area contributed by atoms with Gasteiger partial charge in [0.1, 0.15) is 5.60 Å². The molecule has 5 heteroatoms. The summed E-state index contributed by atoms with van der Waals surface area (Å²) in [5, 5.41) is 11.9. The maximum Gasteiger partial charge on any atom is 0.411 e. The number of hydrogen-bond acceptors (Lipinski definition) is 4. The normalized spacial score (nSPS) is 25.6. The van der Waals surface area contributed by atoms with Crippen LogP contribution in [0.5, 0.6) is 0 Å². The Morgan fingerprint density at radius 2 is 2.50 bits per heavy atom. The first kappa shape index (κ1) is 10.5. The topological polar surface area (TPSA) is 75.6 Å². The standard InChI is InChI=1S/C9H11NO4/c1-3-9(13)5-6(4-7(9)11)10-8(12)14-2/h3-4,13H,1,5H2,2H3,(H,10,12). The highest BCUT2D eigenvalue weighted by Crippen LogP contribution is 2.25. The molecule has 0 bridgehead atoms. The molecule has 0 saturated carbocycles. The molecular weight excluding hydrogens is 186 g/mol. The Kier molecular flexibility index (Phi) is 2.71. The fourth-order valence-electron chi connectivity index (χ4n) is 1.15. The molecule has 0 fully saturated rings. The zero-order valence-corrected chi connectivity index (χ0v) is 7.74. The minimum absolute atomic E-state index is 0.0183. The summed E-state index contributed by atoms with van der Waals surface area (Å²) < 4.78 is 4.34. The van der Waals surface area contributed by atoms with E-state index in [0.717, 1.165) is 6.08 Å². The maximum absolute atomic E-state index is 11.2. The minimum Gasteiger partial charge on any atom is -0.453 e. The van der Waals surface area contributed by atoms with E-state index in [1.807, 2.05) is 0 Å². The first-order chi connectivity index (χ1) is 6.51. The molecule has 0 radical (unpaired) electrons. The molecule has 0 aromatic rings. The lowest BCUT2D eigenvalue weighted by Crippen LogP contribution is -2.32. The zero-order chi connectivity index (χ0) is 10.8. The molecule has 0 aromatic carbocycles. The average Bonchev–Trinajstić information content (AvgIpc) is 2.43. The van der Waals surface area contributed by atoms with Gasteiger partial charge < -0.3 is 9.84 Å². The van der Waals surface area contributed by atoms with E-state index >= 15 is 0 Å². The lowest BCUT2D eigenvalue weighted by atomic mass is 10.0. The van der Waals surface area contributed by atoms with E-state index in [1.165, 1.54) is 13.2 Å². The smallest absolute Gasteiger partial charge is 0.411 e. The number of alkyl carbamates (subject to hydrolysis) is 1. The van der Waals surface area contributed by atoms with E-state index in [2.05, 4.69) is 16.6 Å². The molecule has 1 unspecified atom stereocenters. The molecule has 2 N–H and O–H groups in total. The quantitative estimate of drug-likeness (QED) is 0.616. The number of amides is 1. The van der Waals surface area contributed by atoms with E-state index < -0.39 is 17.5 Å². The Bertz CT molecular complexity index is 321. The van der Waals surface area contributed by atoms with Crippen LogP contribution in [0, 0.1) is 0 Å². The number of aliphatic hydroxyl groups is 1. The van der Waals surface area contributed by atoms with Gasteiger partial charge >= 0.3 is 6.09 Å². The predicted octanol–water partition coefficient (Wildman–Crippen LogP) is 0.116. The van der Waals surface area contributed by atoms with Gasteiger partial charge in [0.2, 0.25) is 0 Å². The predicted molar refractivity (Wildman–Crippen MR) is 48.4 cm³/mol. The lowest BCUT2D eigenvalue weighted by Gasteiger charge is -2.15. The van der Waals surface area contributed by atoms with Gasteiger partial charge in [0.05, 0.1) is 7.11 Å². The van der Waals surface area contributed by atoms with Crippen LogP contribution in [-0.4, -0.2) is 29.7 Å². The summed E-state index contributed by atoms with van der Waals surface area (Å²) in [6.45, 7) is 3.35. The molecule has 1 rings (SSSR count). The van der Waals surface area contributed by atoms with Crippen molar-refractivity contribution in [2.75, 3.05) is 7.11 Å². The van der Waals surface area contributed by atoms with Gasteiger partial charge in [-0.15, -0.1) is 0 Å². The summed E-state index contributed by atoms with van der Waals surface area (Å²) in [6, 6.07) is 0. The molecule has 1 atom stereocenters. The van der Waals surface area contributed by atoms with Crippen molar-refractivity contribution < 1.29 is 19.4 Å². The summed E-state index contributed by atoms with van der Waals surface area (Å²) in [5.41, 5.74) is -1.26. The van der Waals surface area contributed by atoms with Crippen LogP contribution in [0.4, 0.5) is 4.79 Å². The van der Waals surface area contributed by atoms with Crippen molar-refractivity contribution in [3.8, 4) is 0 Å². The van der Waals surface area contributed by atoms with Gasteiger partial charge in [-0.3, -0.25) is 10.1 Å². The molecule has 0 spiro atoms. The summed E-state index contributed by atoms with van der Waals surface area (Å²) in [4.78, 5) is 22.0. The Balaban J connectivity index is 2.70. The van der Waals surface area contributed by atoms with Gasteiger partial charge in [-0.25, -0.2) is 4.79 Å². The lowest BCUT2D eigenvalue weighted by molar-refractivity contribution is -0.126. The van der Waals surface area contributed by atoms with Crippen LogP contribution in [0.3, 0.4) is 0 Å². The average molecular weight is 197 g/mol. The van der Waals surface area contributed by atoms with Crippen LogP contribution in [-0.2, 0) is 9.53 Å². The molecule has 1 aliphatic rings. The van der Waals surface area contributed by atoms with Crippen molar-refractivity contribution in [2.24, 2.45) is 0 Å². The number of methoxy groups -OCH3 is 1. The van der Waals surface area contributed by atoms with Gasteiger partial charge in [0, 0.05) is 18.2 Å². The first-order valence-electron chi connectivity index (χ1n) is 3.98. The Hall–Kier alpha value is -1.62. The molecule has 76 valence electrons. The molecule has 5 nitrogen and oxygen atoms in total. The summed E-state index contributed by atoms with van der Waals surface area (Å²) in [5.74, 6) is -0.487. The second kappa shape index (κ2) is 3.63. The van der Waals surface area contributed by atoms with Crippen molar-refractivity contribution >= 4 is 11.9 Å². The molecule has 0 aliphatic heterocycles. The molecule has 0 aromatic heterocycles. The Morgan fingerprint density at radius 3 is 2.93 bits per heavy atom. The highest BCUT2D eigenvalue weighted by Gasteiger charge is 2.38. The number of ether oxygens (including phenoxy) is 1. The van der Waals surface area contributed by atoms with Crippen LogP contribution in [0.2, 0.25) is 0 Å². The molecule has 14 heavy (non-hydrogen) atoms. The zero-order valence-electron chi connectivity index (χ0n) is 7.74. The SMILES string of the molecule is C=CC1(O)CC(NC(=O)OC)=CC1=O. The van der Waals surface area contributed by atoms with E-state index in [9.17, 15) is 14.7 Å². The van der Waals surface area contributed by atoms with Gasteiger partial charge in [0.15, 0.2) is 5.78 Å². The van der Waals surface area contributed by atoms with Gasteiger partial charge in [-0.2, -0.15) is 0 Å². The third kappa shape index (κ3) is 1.82. The monoisotopic (exact) mass is 197 g/mol. The number of carbonyl (C=O) groups excluding carboxylic acids is 2. The third-order valence-electron chi connectivity index (χ3n) is 1.98. The molecule has 0 heterocycles. The van der Waals surface area contributed by atoms with E-state index in [0.29, 0.717) is 5.70 Å². The van der Waals surface area contributed by atoms with E-state index in [-0.39, 0.29) is 6.42 Å². The molecule has 1 aliphatic carbocycles. The number of nitrogens with one attached hydrogen (secondary N) is 1. The molecule has 1 amide bonds. The van der Waals surface area contributed by atoms with Crippen LogP contribution in [0.15, 0.2) is 24.4 Å². The fraction of sp³-hybridized carbons (Fsp3) is 0.333. The first-order valence-corrected chi connectivity index (χ1v) is 3.98.